The first-order valence-corrected chi connectivity index (χ1v) is 9.83. The van der Waals surface area contributed by atoms with Crippen molar-refractivity contribution < 1.29 is 9.59 Å². The van der Waals surface area contributed by atoms with E-state index in [2.05, 4.69) is 24.9 Å². The van der Waals surface area contributed by atoms with Gasteiger partial charge in [0.25, 0.3) is 5.91 Å². The predicted molar refractivity (Wildman–Crippen MR) is 103 cm³/mol. The number of hydrogen-bond acceptors (Lipinski definition) is 7. The van der Waals surface area contributed by atoms with E-state index in [1.54, 1.807) is 22.9 Å². The number of aromatic nitrogens is 4. The average molecular weight is 393 g/mol. The summed E-state index contributed by atoms with van der Waals surface area (Å²) in [5.74, 6) is 1.43. The number of guanidine groups is 1. The molecule has 2 aliphatic heterocycles. The van der Waals surface area contributed by atoms with Crippen molar-refractivity contribution in [3.05, 3.63) is 54.2 Å². The largest absolute Gasteiger partial charge is 0.337 e. The highest BCUT2D eigenvalue weighted by atomic mass is 32.2. The van der Waals surface area contributed by atoms with E-state index in [-0.39, 0.29) is 18.4 Å². The van der Waals surface area contributed by atoms with Crippen LogP contribution < -0.4 is 0 Å². The topological polar surface area (TPSA) is 107 Å². The Morgan fingerprint density at radius 3 is 2.82 bits per heavy atom. The molecule has 1 atom stereocenters. The lowest BCUT2D eigenvalue weighted by Crippen LogP contribution is -2.54. The van der Waals surface area contributed by atoms with Gasteiger partial charge in [-0.15, -0.1) is 11.8 Å². The Morgan fingerprint density at radius 2 is 2.00 bits per heavy atom. The summed E-state index contributed by atoms with van der Waals surface area (Å²) in [5, 5.41) is 0. The van der Waals surface area contributed by atoms with Crippen LogP contribution in [0, 0.1) is 0 Å². The molecule has 140 valence electrons. The summed E-state index contributed by atoms with van der Waals surface area (Å²) in [6.45, 7) is 0. The molecule has 2 aromatic heterocycles. The number of H-pyrrole nitrogens is 1. The Balaban J connectivity index is 1.66. The molecular weight excluding hydrogens is 378 g/mol. The van der Waals surface area contributed by atoms with Gasteiger partial charge in [0.05, 0.1) is 18.0 Å². The monoisotopic (exact) mass is 393 g/mol. The molecule has 2 amide bonds. The zero-order valence-electron chi connectivity index (χ0n) is 14.6. The minimum Gasteiger partial charge on any atom is -0.337 e. The standard InChI is InChI=1S/C18H15N7O2S/c26-13-6-14(27)24-9-28-10-25(18(24)22-13)15(11-4-2-1-3-5-11)17-21-12-7-19-8-20-16(12)23-17/h1-5,7-8,15H,6,9-10H2,(H,19,20,21,23). The lowest BCUT2D eigenvalue weighted by atomic mass is 10.1. The molecule has 0 radical (unpaired) electrons. The first-order valence-electron chi connectivity index (χ1n) is 8.67. The van der Waals surface area contributed by atoms with Gasteiger partial charge < -0.3 is 9.88 Å². The van der Waals surface area contributed by atoms with E-state index in [9.17, 15) is 9.59 Å². The van der Waals surface area contributed by atoms with Crippen molar-refractivity contribution in [2.45, 2.75) is 12.5 Å². The lowest BCUT2D eigenvalue weighted by Gasteiger charge is -2.42. The first kappa shape index (κ1) is 16.9. The van der Waals surface area contributed by atoms with Gasteiger partial charge in [-0.3, -0.25) is 14.5 Å². The van der Waals surface area contributed by atoms with Crippen molar-refractivity contribution in [3.8, 4) is 0 Å². The zero-order chi connectivity index (χ0) is 19.1. The van der Waals surface area contributed by atoms with Gasteiger partial charge in [-0.25, -0.2) is 15.0 Å². The second-order valence-electron chi connectivity index (χ2n) is 6.43. The fourth-order valence-corrected chi connectivity index (χ4v) is 4.39. The Kier molecular flexibility index (Phi) is 4.05. The molecule has 2 aliphatic rings. The van der Waals surface area contributed by atoms with Crippen LogP contribution >= 0.6 is 11.8 Å². The summed E-state index contributed by atoms with van der Waals surface area (Å²) < 4.78 is 0. The highest BCUT2D eigenvalue weighted by molar-refractivity contribution is 7.99. The van der Waals surface area contributed by atoms with E-state index in [0.717, 1.165) is 11.1 Å². The maximum atomic E-state index is 12.4. The lowest BCUT2D eigenvalue weighted by molar-refractivity contribution is -0.133. The second kappa shape index (κ2) is 6.71. The smallest absolute Gasteiger partial charge is 0.258 e. The van der Waals surface area contributed by atoms with Crippen molar-refractivity contribution in [1.29, 1.82) is 0 Å². The van der Waals surface area contributed by atoms with Crippen molar-refractivity contribution >= 4 is 40.7 Å². The fraction of sp³-hybridized carbons (Fsp3) is 0.222. The number of aliphatic imine (C=N–C) groups is 1. The molecule has 0 saturated carbocycles. The summed E-state index contributed by atoms with van der Waals surface area (Å²) in [5.41, 5.74) is 2.24. The molecule has 3 aromatic rings. The number of carbonyl (C=O) groups is 2. The van der Waals surface area contributed by atoms with Crippen LogP contribution in [-0.4, -0.2) is 59.3 Å². The van der Waals surface area contributed by atoms with Crippen molar-refractivity contribution in [3.63, 3.8) is 0 Å². The van der Waals surface area contributed by atoms with Crippen LogP contribution in [-0.2, 0) is 9.59 Å². The summed E-state index contributed by atoms with van der Waals surface area (Å²) >= 11 is 1.59. The van der Waals surface area contributed by atoms with Gasteiger partial charge in [0.1, 0.15) is 30.1 Å². The van der Waals surface area contributed by atoms with E-state index >= 15 is 0 Å². The third-order valence-electron chi connectivity index (χ3n) is 4.64. The number of aromatic amines is 1. The van der Waals surface area contributed by atoms with Crippen LogP contribution in [0.25, 0.3) is 11.2 Å². The highest BCUT2D eigenvalue weighted by Gasteiger charge is 2.39. The molecular formula is C18H15N7O2S. The molecule has 1 saturated heterocycles. The molecule has 9 nitrogen and oxygen atoms in total. The van der Waals surface area contributed by atoms with Gasteiger partial charge in [0, 0.05) is 0 Å². The van der Waals surface area contributed by atoms with Gasteiger partial charge in [0.2, 0.25) is 11.9 Å². The van der Waals surface area contributed by atoms with Crippen LogP contribution in [0.1, 0.15) is 23.9 Å². The van der Waals surface area contributed by atoms with Crippen LogP contribution in [0.5, 0.6) is 0 Å². The summed E-state index contributed by atoms with van der Waals surface area (Å²) in [6, 6.07) is 9.44. The normalized spacial score (nSPS) is 18.2. The molecule has 1 fully saturated rings. The number of nitrogens with zero attached hydrogens (tertiary/aromatic N) is 6. The fourth-order valence-electron chi connectivity index (χ4n) is 3.41. The zero-order valence-corrected chi connectivity index (χ0v) is 15.5. The van der Waals surface area contributed by atoms with E-state index in [1.165, 1.54) is 6.33 Å². The first-order chi connectivity index (χ1) is 13.7. The number of rotatable bonds is 3. The Hall–Kier alpha value is -3.27. The van der Waals surface area contributed by atoms with Crippen LogP contribution in [0.15, 0.2) is 47.8 Å². The minimum atomic E-state index is -0.421. The number of benzene rings is 1. The van der Waals surface area contributed by atoms with E-state index in [4.69, 9.17) is 0 Å². The molecule has 4 heterocycles. The number of thioether (sulfide) groups is 1. The minimum absolute atomic E-state index is 0.186. The maximum Gasteiger partial charge on any atom is 0.258 e. The van der Waals surface area contributed by atoms with Gasteiger partial charge in [-0.2, -0.15) is 4.99 Å². The second-order valence-corrected chi connectivity index (χ2v) is 7.36. The molecule has 28 heavy (non-hydrogen) atoms. The summed E-state index contributed by atoms with van der Waals surface area (Å²) in [6.07, 6.45) is 2.93. The highest BCUT2D eigenvalue weighted by Crippen LogP contribution is 2.34. The van der Waals surface area contributed by atoms with Gasteiger partial charge >= 0.3 is 0 Å². The summed E-state index contributed by atoms with van der Waals surface area (Å²) in [7, 11) is 0. The molecule has 0 spiro atoms. The number of amides is 2. The maximum absolute atomic E-state index is 12.4. The molecule has 1 N–H and O–H groups in total. The van der Waals surface area contributed by atoms with Crippen LogP contribution in [0.4, 0.5) is 0 Å². The third kappa shape index (κ3) is 2.82. The van der Waals surface area contributed by atoms with Gasteiger partial charge in [-0.1, -0.05) is 30.3 Å². The number of fused-ring (bicyclic) bond motifs is 2. The van der Waals surface area contributed by atoms with Crippen LogP contribution in [0.2, 0.25) is 0 Å². The third-order valence-corrected chi connectivity index (χ3v) is 5.55. The van der Waals surface area contributed by atoms with Gasteiger partial charge in [0.15, 0.2) is 5.65 Å². The van der Waals surface area contributed by atoms with E-state index in [0.29, 0.717) is 29.2 Å². The summed E-state index contributed by atoms with van der Waals surface area (Å²) in [4.78, 5) is 48.2. The number of nitrogens with one attached hydrogen (secondary N) is 1. The number of imidazole rings is 1. The molecule has 1 unspecified atom stereocenters. The Bertz CT molecular complexity index is 1060. The molecule has 1 aromatic carbocycles. The molecule has 10 heteroatoms. The SMILES string of the molecule is O=C1CC(=O)N2CSCN(C(c3ccccc3)c3nc4ncncc4[nH]3)C2=N1. The van der Waals surface area contributed by atoms with Crippen molar-refractivity contribution in [1.82, 2.24) is 29.7 Å². The molecule has 5 rings (SSSR count). The van der Waals surface area contributed by atoms with Crippen molar-refractivity contribution in [2.75, 3.05) is 11.8 Å². The Morgan fingerprint density at radius 1 is 1.14 bits per heavy atom. The average Bonchev–Trinajstić information content (AvgIpc) is 3.13. The predicted octanol–water partition coefficient (Wildman–Crippen LogP) is 1.52. The molecule has 0 bridgehead atoms. The van der Waals surface area contributed by atoms with Gasteiger partial charge in [-0.05, 0) is 5.56 Å². The van der Waals surface area contributed by atoms with E-state index < -0.39 is 5.91 Å². The number of hydrogen-bond donors (Lipinski definition) is 1. The Labute approximate surface area is 163 Å². The van der Waals surface area contributed by atoms with Crippen molar-refractivity contribution in [2.24, 2.45) is 4.99 Å². The molecule has 0 aliphatic carbocycles. The quantitative estimate of drug-likeness (QED) is 0.672. The van der Waals surface area contributed by atoms with Crippen LogP contribution in [0.3, 0.4) is 0 Å². The number of carbonyl (C=O) groups excluding carboxylic acids is 2. The van der Waals surface area contributed by atoms with E-state index in [1.807, 2.05) is 35.2 Å².